The van der Waals surface area contributed by atoms with Crippen LogP contribution in [0.2, 0.25) is 0 Å². The van der Waals surface area contributed by atoms with Crippen molar-refractivity contribution in [3.8, 4) is 5.75 Å². The number of hydrogen-bond donors (Lipinski definition) is 0. The van der Waals surface area contributed by atoms with Crippen molar-refractivity contribution in [3.05, 3.63) is 54.1 Å². The molecule has 2 aliphatic heterocycles. The highest BCUT2D eigenvalue weighted by atomic mass is 32.2. The van der Waals surface area contributed by atoms with Crippen LogP contribution in [-0.2, 0) is 14.8 Å². The van der Waals surface area contributed by atoms with Gasteiger partial charge in [-0.15, -0.1) is 4.40 Å². The number of anilines is 1. The molecule has 0 bridgehead atoms. The van der Waals surface area contributed by atoms with Crippen LogP contribution in [0.3, 0.4) is 0 Å². The van der Waals surface area contributed by atoms with Gasteiger partial charge in [0.2, 0.25) is 5.91 Å². The summed E-state index contributed by atoms with van der Waals surface area (Å²) in [7, 11) is -0.286. The first kappa shape index (κ1) is 19.4. The summed E-state index contributed by atoms with van der Waals surface area (Å²) in [4.78, 5) is 16.9. The van der Waals surface area contributed by atoms with Crippen molar-refractivity contribution in [1.82, 2.24) is 4.90 Å². The second-order valence-electron chi connectivity index (χ2n) is 7.22. The molecule has 2 aliphatic rings. The smallest absolute Gasteiger partial charge is 0.285 e. The Morgan fingerprint density at radius 2 is 1.76 bits per heavy atom. The number of ether oxygens (including phenoxy) is 1. The summed E-state index contributed by atoms with van der Waals surface area (Å²) in [6.07, 6.45) is 1.28. The summed E-state index contributed by atoms with van der Waals surface area (Å²) in [6.45, 7) is 1.16. The van der Waals surface area contributed by atoms with Crippen LogP contribution in [-0.4, -0.2) is 52.3 Å². The molecule has 8 heteroatoms. The van der Waals surface area contributed by atoms with Crippen molar-refractivity contribution in [3.63, 3.8) is 0 Å². The van der Waals surface area contributed by atoms with Gasteiger partial charge in [-0.2, -0.15) is 8.42 Å². The van der Waals surface area contributed by atoms with Crippen LogP contribution in [0.1, 0.15) is 18.4 Å². The summed E-state index contributed by atoms with van der Waals surface area (Å²) in [5.74, 6) is 1.05. The van der Waals surface area contributed by atoms with Gasteiger partial charge < -0.3 is 14.5 Å². The van der Waals surface area contributed by atoms with E-state index in [-0.39, 0.29) is 16.7 Å². The van der Waals surface area contributed by atoms with E-state index >= 15 is 0 Å². The van der Waals surface area contributed by atoms with Crippen molar-refractivity contribution < 1.29 is 17.9 Å². The minimum absolute atomic E-state index is 0.0375. The number of methoxy groups -OCH3 is 1. The van der Waals surface area contributed by atoms with Crippen LogP contribution >= 0.6 is 0 Å². The van der Waals surface area contributed by atoms with Crippen molar-refractivity contribution in [1.29, 1.82) is 0 Å². The van der Waals surface area contributed by atoms with Gasteiger partial charge in [0, 0.05) is 31.6 Å². The molecule has 2 heterocycles. The Hall–Kier alpha value is -2.87. The second kappa shape index (κ2) is 7.51. The van der Waals surface area contributed by atoms with E-state index in [0.29, 0.717) is 43.1 Å². The quantitative estimate of drug-likeness (QED) is 0.773. The fraction of sp³-hybridized carbons (Fsp3) is 0.333. The standard InChI is InChI=1S/C21H23N3O4S/c1-23(17-8-4-5-9-18(17)28-2)21(25)15-11-13-24(14-12-15)20-16-7-3-6-10-19(16)29(26,27)22-20/h3-10,15H,11-14H2,1-2H3. The molecule has 0 atom stereocenters. The molecule has 1 saturated heterocycles. The molecule has 1 amide bonds. The number of hydrogen-bond acceptors (Lipinski definition) is 5. The van der Waals surface area contributed by atoms with Gasteiger partial charge in [-0.25, -0.2) is 0 Å². The molecule has 0 N–H and O–H groups in total. The van der Waals surface area contributed by atoms with Crippen LogP contribution in [0, 0.1) is 5.92 Å². The number of carbonyl (C=O) groups is 1. The average Bonchev–Trinajstić information content (AvgIpc) is 3.04. The number of nitrogens with zero attached hydrogens (tertiary/aromatic N) is 3. The number of sulfonamides is 1. The van der Waals surface area contributed by atoms with Gasteiger partial charge in [0.1, 0.15) is 10.6 Å². The van der Waals surface area contributed by atoms with Gasteiger partial charge in [0.25, 0.3) is 10.0 Å². The molecule has 152 valence electrons. The Kier molecular flexibility index (Phi) is 5.04. The SMILES string of the molecule is COc1ccccc1N(C)C(=O)C1CCN(C2=NS(=O)(=O)c3ccccc32)CC1. The summed E-state index contributed by atoms with van der Waals surface area (Å²) in [5.41, 5.74) is 1.38. The molecular formula is C21H23N3O4S. The minimum Gasteiger partial charge on any atom is -0.495 e. The normalized spacial score (nSPS) is 18.1. The molecule has 0 aromatic heterocycles. The highest BCUT2D eigenvalue weighted by molar-refractivity contribution is 7.90. The van der Waals surface area contributed by atoms with Crippen LogP contribution in [0.25, 0.3) is 0 Å². The van der Waals surface area contributed by atoms with E-state index in [4.69, 9.17) is 4.74 Å². The predicted octanol–water partition coefficient (Wildman–Crippen LogP) is 2.52. The molecule has 0 unspecified atom stereocenters. The molecule has 0 saturated carbocycles. The van der Waals surface area contributed by atoms with Crippen LogP contribution in [0.5, 0.6) is 5.75 Å². The van der Waals surface area contributed by atoms with E-state index in [1.807, 2.05) is 35.2 Å². The molecule has 1 fully saturated rings. The van der Waals surface area contributed by atoms with Crippen molar-refractivity contribution in [2.24, 2.45) is 10.3 Å². The Bertz CT molecular complexity index is 1070. The third-order valence-corrected chi connectivity index (χ3v) is 6.86. The highest BCUT2D eigenvalue weighted by Gasteiger charge is 2.35. The number of carbonyl (C=O) groups excluding carboxylic acids is 1. The van der Waals surface area contributed by atoms with Crippen LogP contribution in [0.15, 0.2) is 57.8 Å². The molecule has 2 aromatic carbocycles. The maximum absolute atomic E-state index is 13.0. The van der Waals surface area contributed by atoms with E-state index in [1.54, 1.807) is 37.3 Å². The summed E-state index contributed by atoms with van der Waals surface area (Å²) < 4.78 is 34.0. The average molecular weight is 413 g/mol. The molecule has 29 heavy (non-hydrogen) atoms. The molecular weight excluding hydrogens is 390 g/mol. The number of amidine groups is 1. The third kappa shape index (κ3) is 3.48. The lowest BCUT2D eigenvalue weighted by Crippen LogP contribution is -2.43. The van der Waals surface area contributed by atoms with Gasteiger partial charge in [0.05, 0.1) is 12.8 Å². The van der Waals surface area contributed by atoms with Crippen LogP contribution in [0.4, 0.5) is 5.69 Å². The molecule has 7 nitrogen and oxygen atoms in total. The first-order valence-electron chi connectivity index (χ1n) is 9.52. The van der Waals surface area contributed by atoms with E-state index in [1.165, 1.54) is 0 Å². The zero-order valence-corrected chi connectivity index (χ0v) is 17.2. The Morgan fingerprint density at radius 1 is 1.10 bits per heavy atom. The zero-order chi connectivity index (χ0) is 20.6. The number of para-hydroxylation sites is 2. The highest BCUT2D eigenvalue weighted by Crippen LogP contribution is 2.32. The van der Waals surface area contributed by atoms with E-state index in [2.05, 4.69) is 4.40 Å². The van der Waals surface area contributed by atoms with Crippen molar-refractivity contribution >= 4 is 27.5 Å². The lowest BCUT2D eigenvalue weighted by molar-refractivity contribution is -0.123. The molecule has 0 radical (unpaired) electrons. The van der Waals surface area contributed by atoms with Crippen LogP contribution < -0.4 is 9.64 Å². The largest absolute Gasteiger partial charge is 0.495 e. The first-order valence-corrected chi connectivity index (χ1v) is 11.0. The number of fused-ring (bicyclic) bond motifs is 1. The number of benzene rings is 2. The third-order valence-electron chi connectivity index (χ3n) is 5.53. The second-order valence-corrected chi connectivity index (χ2v) is 8.79. The number of piperidine rings is 1. The lowest BCUT2D eigenvalue weighted by atomic mass is 9.94. The number of likely N-dealkylation sites (tertiary alicyclic amines) is 1. The Morgan fingerprint density at radius 3 is 2.48 bits per heavy atom. The fourth-order valence-corrected chi connectivity index (χ4v) is 5.18. The van der Waals surface area contributed by atoms with Crippen molar-refractivity contribution in [2.45, 2.75) is 17.7 Å². The minimum atomic E-state index is -3.63. The lowest BCUT2D eigenvalue weighted by Gasteiger charge is -2.34. The molecule has 2 aromatic rings. The van der Waals surface area contributed by atoms with E-state index in [0.717, 1.165) is 5.69 Å². The summed E-state index contributed by atoms with van der Waals surface area (Å²) in [6, 6.07) is 14.3. The molecule has 0 aliphatic carbocycles. The van der Waals surface area contributed by atoms with Gasteiger partial charge in [-0.1, -0.05) is 24.3 Å². The molecule has 0 spiro atoms. The van der Waals surface area contributed by atoms with Crippen molar-refractivity contribution in [2.75, 3.05) is 32.1 Å². The van der Waals surface area contributed by atoms with E-state index in [9.17, 15) is 13.2 Å². The summed E-state index contributed by atoms with van der Waals surface area (Å²) in [5, 5.41) is 0. The first-order chi connectivity index (χ1) is 13.9. The van der Waals surface area contributed by atoms with Gasteiger partial charge in [-0.05, 0) is 37.1 Å². The molecule has 4 rings (SSSR count). The Labute approximate surface area is 170 Å². The maximum atomic E-state index is 13.0. The predicted molar refractivity (Wildman–Crippen MR) is 111 cm³/mol. The summed E-state index contributed by atoms with van der Waals surface area (Å²) >= 11 is 0. The Balaban J connectivity index is 1.47. The number of amides is 1. The fourth-order valence-electron chi connectivity index (χ4n) is 3.95. The van der Waals surface area contributed by atoms with Gasteiger partial charge in [-0.3, -0.25) is 4.79 Å². The van der Waals surface area contributed by atoms with Gasteiger partial charge in [0.15, 0.2) is 5.84 Å². The maximum Gasteiger partial charge on any atom is 0.285 e. The van der Waals surface area contributed by atoms with E-state index < -0.39 is 10.0 Å². The zero-order valence-electron chi connectivity index (χ0n) is 16.4. The number of rotatable bonds is 3. The van der Waals surface area contributed by atoms with Gasteiger partial charge >= 0.3 is 0 Å². The topological polar surface area (TPSA) is 79.3 Å². The monoisotopic (exact) mass is 413 g/mol.